The summed E-state index contributed by atoms with van der Waals surface area (Å²) in [7, 11) is -3.27. The topological polar surface area (TPSA) is 74.8 Å². The molecule has 92 valence electrons. The van der Waals surface area contributed by atoms with Crippen LogP contribution in [0.15, 0.2) is 6.07 Å². The molecule has 0 bridgehead atoms. The minimum absolute atomic E-state index is 0.103. The van der Waals surface area contributed by atoms with Crippen molar-refractivity contribution in [3.8, 4) is 0 Å². The number of hydrogen-bond acceptors (Lipinski definition) is 3. The molecule has 2 N–H and O–H groups in total. The molecule has 1 rings (SSSR count). The van der Waals surface area contributed by atoms with E-state index in [2.05, 4.69) is 21.8 Å². The Kier molecular flexibility index (Phi) is 4.35. The Labute approximate surface area is 96.7 Å². The van der Waals surface area contributed by atoms with Crippen molar-refractivity contribution in [2.75, 3.05) is 10.5 Å². The van der Waals surface area contributed by atoms with Crippen molar-refractivity contribution in [2.45, 2.75) is 33.6 Å². The van der Waals surface area contributed by atoms with E-state index < -0.39 is 10.0 Å². The highest BCUT2D eigenvalue weighted by molar-refractivity contribution is 7.92. The summed E-state index contributed by atoms with van der Waals surface area (Å²) < 4.78 is 25.7. The largest absolute Gasteiger partial charge is 0.280 e. The zero-order valence-corrected chi connectivity index (χ0v) is 10.8. The first-order valence-corrected chi connectivity index (χ1v) is 7.13. The van der Waals surface area contributed by atoms with Crippen LogP contribution in [-0.4, -0.2) is 24.4 Å². The van der Waals surface area contributed by atoms with Crippen molar-refractivity contribution < 1.29 is 8.42 Å². The van der Waals surface area contributed by atoms with Gasteiger partial charge < -0.3 is 0 Å². The molecule has 5 nitrogen and oxygen atoms in total. The Morgan fingerprint density at radius 2 is 2.19 bits per heavy atom. The number of anilines is 1. The first kappa shape index (κ1) is 13.0. The van der Waals surface area contributed by atoms with Crippen molar-refractivity contribution >= 4 is 15.8 Å². The van der Waals surface area contributed by atoms with Crippen LogP contribution in [0.1, 0.15) is 32.9 Å². The maximum atomic E-state index is 11.6. The second kappa shape index (κ2) is 5.34. The molecule has 1 aromatic rings. The molecule has 0 saturated carbocycles. The highest BCUT2D eigenvalue weighted by Crippen LogP contribution is 2.10. The minimum atomic E-state index is -3.27. The molecule has 0 aliphatic heterocycles. The molecule has 0 fully saturated rings. The molecule has 0 atom stereocenters. The fourth-order valence-electron chi connectivity index (χ4n) is 1.45. The van der Waals surface area contributed by atoms with Gasteiger partial charge in [0.15, 0.2) is 5.82 Å². The molecular formula is C10H19N3O2S. The lowest BCUT2D eigenvalue weighted by molar-refractivity contribution is 0.587. The highest BCUT2D eigenvalue weighted by atomic mass is 32.2. The smallest absolute Gasteiger partial charge is 0.234 e. The first-order chi connectivity index (χ1) is 7.43. The van der Waals surface area contributed by atoms with E-state index in [0.29, 0.717) is 5.82 Å². The van der Waals surface area contributed by atoms with Crippen LogP contribution in [0, 0.1) is 5.92 Å². The van der Waals surface area contributed by atoms with Gasteiger partial charge in [-0.1, -0.05) is 27.2 Å². The van der Waals surface area contributed by atoms with Crippen molar-refractivity contribution in [2.24, 2.45) is 5.92 Å². The SMILES string of the molecule is CCCc1cc(NS(=O)(=O)CC(C)C)n[nH]1. The van der Waals surface area contributed by atoms with Gasteiger partial charge in [-0.05, 0) is 12.3 Å². The summed E-state index contributed by atoms with van der Waals surface area (Å²) in [6.07, 6.45) is 1.87. The molecule has 0 radical (unpaired) electrons. The summed E-state index contributed by atoms with van der Waals surface area (Å²) in [6, 6.07) is 1.74. The van der Waals surface area contributed by atoms with E-state index in [1.807, 2.05) is 13.8 Å². The molecule has 0 amide bonds. The number of hydrogen-bond donors (Lipinski definition) is 2. The van der Waals surface area contributed by atoms with Crippen LogP contribution in [0.4, 0.5) is 5.82 Å². The summed E-state index contributed by atoms with van der Waals surface area (Å²) >= 11 is 0. The summed E-state index contributed by atoms with van der Waals surface area (Å²) in [5, 5.41) is 6.72. The van der Waals surface area contributed by atoms with Gasteiger partial charge in [-0.15, -0.1) is 0 Å². The van der Waals surface area contributed by atoms with Crippen LogP contribution in [0.25, 0.3) is 0 Å². The predicted molar refractivity (Wildman–Crippen MR) is 64.8 cm³/mol. The number of aromatic nitrogens is 2. The summed E-state index contributed by atoms with van der Waals surface area (Å²) in [5.41, 5.74) is 0.949. The summed E-state index contributed by atoms with van der Waals surface area (Å²) in [5.74, 6) is 0.596. The van der Waals surface area contributed by atoms with E-state index >= 15 is 0 Å². The van der Waals surface area contributed by atoms with Gasteiger partial charge >= 0.3 is 0 Å². The highest BCUT2D eigenvalue weighted by Gasteiger charge is 2.14. The molecule has 0 aromatic carbocycles. The second-order valence-electron chi connectivity index (χ2n) is 4.31. The fraction of sp³-hybridized carbons (Fsp3) is 0.700. The van der Waals surface area contributed by atoms with E-state index in [1.54, 1.807) is 6.07 Å². The van der Waals surface area contributed by atoms with Crippen molar-refractivity contribution in [3.63, 3.8) is 0 Å². The lowest BCUT2D eigenvalue weighted by Crippen LogP contribution is -2.20. The number of sulfonamides is 1. The van der Waals surface area contributed by atoms with Gasteiger partial charge in [-0.3, -0.25) is 9.82 Å². The number of aromatic amines is 1. The Morgan fingerprint density at radius 3 is 2.75 bits per heavy atom. The average molecular weight is 245 g/mol. The third-order valence-corrected chi connectivity index (χ3v) is 3.59. The number of nitrogens with one attached hydrogen (secondary N) is 2. The van der Waals surface area contributed by atoms with E-state index in [-0.39, 0.29) is 11.7 Å². The van der Waals surface area contributed by atoms with Gasteiger partial charge in [-0.2, -0.15) is 5.10 Å². The van der Waals surface area contributed by atoms with Crippen LogP contribution < -0.4 is 4.72 Å². The quantitative estimate of drug-likeness (QED) is 0.802. The maximum absolute atomic E-state index is 11.6. The molecule has 0 saturated heterocycles. The molecule has 0 aliphatic carbocycles. The molecule has 1 aromatic heterocycles. The summed E-state index contributed by atoms with van der Waals surface area (Å²) in [6.45, 7) is 5.79. The zero-order valence-electron chi connectivity index (χ0n) is 9.95. The van der Waals surface area contributed by atoms with Crippen LogP contribution in [-0.2, 0) is 16.4 Å². The lowest BCUT2D eigenvalue weighted by Gasteiger charge is -2.06. The Balaban J connectivity index is 2.65. The number of nitrogens with zero attached hydrogens (tertiary/aromatic N) is 1. The van der Waals surface area contributed by atoms with Crippen LogP contribution >= 0.6 is 0 Å². The zero-order chi connectivity index (χ0) is 12.2. The Morgan fingerprint density at radius 1 is 1.50 bits per heavy atom. The Bertz CT molecular complexity index is 423. The lowest BCUT2D eigenvalue weighted by atomic mass is 10.2. The predicted octanol–water partition coefficient (Wildman–Crippen LogP) is 1.76. The standard InChI is InChI=1S/C10H19N3O2S/c1-4-5-9-6-10(12-11-9)13-16(14,15)7-8(2)3/h6,8H,4-5,7H2,1-3H3,(H2,11,12,13). The van der Waals surface area contributed by atoms with Gasteiger partial charge in [0, 0.05) is 11.8 Å². The number of aryl methyl sites for hydroxylation is 1. The second-order valence-corrected chi connectivity index (χ2v) is 6.07. The van der Waals surface area contributed by atoms with Crippen LogP contribution in [0.5, 0.6) is 0 Å². The molecular weight excluding hydrogens is 226 g/mol. The van der Waals surface area contributed by atoms with Gasteiger partial charge in [0.2, 0.25) is 10.0 Å². The van der Waals surface area contributed by atoms with Gasteiger partial charge in [0.25, 0.3) is 0 Å². The summed E-state index contributed by atoms with van der Waals surface area (Å²) in [4.78, 5) is 0. The van der Waals surface area contributed by atoms with Crippen LogP contribution in [0.3, 0.4) is 0 Å². The van der Waals surface area contributed by atoms with E-state index in [4.69, 9.17) is 0 Å². The normalized spacial score (nSPS) is 12.0. The molecule has 16 heavy (non-hydrogen) atoms. The third kappa shape index (κ3) is 4.22. The third-order valence-electron chi connectivity index (χ3n) is 1.96. The van der Waals surface area contributed by atoms with E-state index in [9.17, 15) is 8.42 Å². The van der Waals surface area contributed by atoms with Crippen molar-refractivity contribution in [3.05, 3.63) is 11.8 Å². The van der Waals surface area contributed by atoms with E-state index in [0.717, 1.165) is 18.5 Å². The van der Waals surface area contributed by atoms with Crippen LogP contribution in [0.2, 0.25) is 0 Å². The number of H-pyrrole nitrogens is 1. The molecule has 6 heteroatoms. The van der Waals surface area contributed by atoms with Crippen molar-refractivity contribution in [1.82, 2.24) is 10.2 Å². The fourth-order valence-corrected chi connectivity index (χ4v) is 2.84. The number of rotatable bonds is 6. The molecule has 1 heterocycles. The monoisotopic (exact) mass is 245 g/mol. The first-order valence-electron chi connectivity index (χ1n) is 5.47. The van der Waals surface area contributed by atoms with E-state index in [1.165, 1.54) is 0 Å². The van der Waals surface area contributed by atoms with Crippen molar-refractivity contribution in [1.29, 1.82) is 0 Å². The maximum Gasteiger partial charge on any atom is 0.234 e. The average Bonchev–Trinajstić information content (AvgIpc) is 2.49. The molecule has 0 spiro atoms. The molecule has 0 aliphatic rings. The molecule has 0 unspecified atom stereocenters. The Hall–Kier alpha value is -1.04. The van der Waals surface area contributed by atoms with Gasteiger partial charge in [0.05, 0.1) is 5.75 Å². The minimum Gasteiger partial charge on any atom is -0.280 e. The van der Waals surface area contributed by atoms with Gasteiger partial charge in [-0.25, -0.2) is 8.42 Å². The van der Waals surface area contributed by atoms with Gasteiger partial charge in [0.1, 0.15) is 0 Å².